The van der Waals surface area contributed by atoms with Crippen molar-refractivity contribution in [3.8, 4) is 0 Å². The Kier molecular flexibility index (Phi) is 4.45. The lowest BCUT2D eigenvalue weighted by Gasteiger charge is -2.07. The minimum Gasteiger partial charge on any atom is -0.376 e. The normalized spacial score (nSPS) is 9.76. The number of amides is 1. The second kappa shape index (κ2) is 5.83. The van der Waals surface area contributed by atoms with E-state index in [9.17, 15) is 14.9 Å². The lowest BCUT2D eigenvalue weighted by Crippen LogP contribution is -2.29. The average molecular weight is 237 g/mol. The second-order valence-electron chi connectivity index (χ2n) is 3.57. The van der Waals surface area contributed by atoms with Gasteiger partial charge >= 0.3 is 0 Å². The summed E-state index contributed by atoms with van der Waals surface area (Å²) < 4.78 is 0. The van der Waals surface area contributed by atoms with Crippen LogP contribution < -0.4 is 10.6 Å². The summed E-state index contributed by atoms with van der Waals surface area (Å²) in [5.74, 6) is -0.108. The molecule has 1 aromatic carbocycles. The van der Waals surface area contributed by atoms with Gasteiger partial charge in [0.2, 0.25) is 5.91 Å². The number of anilines is 1. The van der Waals surface area contributed by atoms with Crippen molar-refractivity contribution in [1.29, 1.82) is 0 Å². The first-order valence-electron chi connectivity index (χ1n) is 5.30. The van der Waals surface area contributed by atoms with E-state index in [0.717, 1.165) is 0 Å². The van der Waals surface area contributed by atoms with E-state index in [-0.39, 0.29) is 18.1 Å². The van der Waals surface area contributed by atoms with Crippen molar-refractivity contribution >= 4 is 17.3 Å². The highest BCUT2D eigenvalue weighted by Gasteiger charge is 2.10. The number of nitro benzene ring substituents is 1. The molecule has 2 N–H and O–H groups in total. The van der Waals surface area contributed by atoms with Gasteiger partial charge < -0.3 is 10.6 Å². The van der Waals surface area contributed by atoms with Crippen LogP contribution in [0.5, 0.6) is 0 Å². The van der Waals surface area contributed by atoms with Crippen LogP contribution in [0.4, 0.5) is 11.4 Å². The highest BCUT2D eigenvalue weighted by molar-refractivity contribution is 5.80. The van der Waals surface area contributed by atoms with Gasteiger partial charge in [0, 0.05) is 23.9 Å². The van der Waals surface area contributed by atoms with Crippen molar-refractivity contribution in [2.24, 2.45) is 0 Å². The summed E-state index contributed by atoms with van der Waals surface area (Å²) in [7, 11) is 0. The number of aryl methyl sites for hydroxylation is 1. The Morgan fingerprint density at radius 3 is 2.71 bits per heavy atom. The molecule has 0 atom stereocenters. The van der Waals surface area contributed by atoms with Crippen molar-refractivity contribution in [3.05, 3.63) is 33.9 Å². The number of hydrogen-bond acceptors (Lipinski definition) is 4. The Balaban J connectivity index is 2.65. The van der Waals surface area contributed by atoms with Gasteiger partial charge in [-0.2, -0.15) is 0 Å². The summed E-state index contributed by atoms with van der Waals surface area (Å²) in [6.45, 7) is 4.24. The van der Waals surface area contributed by atoms with Crippen LogP contribution in [0, 0.1) is 17.0 Å². The predicted molar refractivity (Wildman–Crippen MR) is 65.0 cm³/mol. The Morgan fingerprint density at radius 1 is 1.47 bits per heavy atom. The molecule has 92 valence electrons. The predicted octanol–water partition coefficient (Wildman–Crippen LogP) is 1.45. The highest BCUT2D eigenvalue weighted by Crippen LogP contribution is 2.21. The van der Waals surface area contributed by atoms with E-state index in [2.05, 4.69) is 10.6 Å². The number of nitrogens with one attached hydrogen (secondary N) is 2. The lowest BCUT2D eigenvalue weighted by molar-refractivity contribution is -0.385. The van der Waals surface area contributed by atoms with Crippen LogP contribution in [0.2, 0.25) is 0 Å². The first-order chi connectivity index (χ1) is 8.04. The molecule has 0 bridgehead atoms. The molecule has 0 saturated heterocycles. The number of benzene rings is 1. The number of carbonyl (C=O) groups is 1. The zero-order valence-electron chi connectivity index (χ0n) is 9.82. The van der Waals surface area contributed by atoms with Gasteiger partial charge in [-0.05, 0) is 26.0 Å². The van der Waals surface area contributed by atoms with E-state index >= 15 is 0 Å². The molecule has 0 unspecified atom stereocenters. The number of rotatable bonds is 5. The summed E-state index contributed by atoms with van der Waals surface area (Å²) in [6.07, 6.45) is 0. The topological polar surface area (TPSA) is 84.3 Å². The third-order valence-electron chi connectivity index (χ3n) is 2.22. The van der Waals surface area contributed by atoms with E-state index < -0.39 is 4.92 Å². The van der Waals surface area contributed by atoms with Crippen molar-refractivity contribution < 1.29 is 9.72 Å². The summed E-state index contributed by atoms with van der Waals surface area (Å²) >= 11 is 0. The SMILES string of the molecule is CCNC(=O)CNc1ccc([N+](=O)[O-])c(C)c1. The maximum Gasteiger partial charge on any atom is 0.272 e. The van der Waals surface area contributed by atoms with Gasteiger partial charge in [0.1, 0.15) is 0 Å². The van der Waals surface area contributed by atoms with Crippen LogP contribution in [0.15, 0.2) is 18.2 Å². The van der Waals surface area contributed by atoms with E-state index in [1.54, 1.807) is 19.1 Å². The third-order valence-corrected chi connectivity index (χ3v) is 2.22. The number of nitro groups is 1. The van der Waals surface area contributed by atoms with Gasteiger partial charge in [0.15, 0.2) is 0 Å². The molecule has 6 heteroatoms. The van der Waals surface area contributed by atoms with E-state index in [1.807, 2.05) is 6.92 Å². The van der Waals surface area contributed by atoms with Crippen molar-refractivity contribution in [1.82, 2.24) is 5.32 Å². The average Bonchev–Trinajstić information content (AvgIpc) is 2.26. The molecule has 0 radical (unpaired) electrons. The maximum atomic E-state index is 11.2. The summed E-state index contributed by atoms with van der Waals surface area (Å²) in [5.41, 5.74) is 1.34. The van der Waals surface area contributed by atoms with Crippen LogP contribution in [0.3, 0.4) is 0 Å². The van der Waals surface area contributed by atoms with Crippen LogP contribution in [-0.4, -0.2) is 23.9 Å². The Morgan fingerprint density at radius 2 is 2.18 bits per heavy atom. The van der Waals surface area contributed by atoms with Crippen LogP contribution in [-0.2, 0) is 4.79 Å². The standard InChI is InChI=1S/C11H15N3O3/c1-3-12-11(15)7-13-9-4-5-10(14(16)17)8(2)6-9/h4-6,13H,3,7H2,1-2H3,(H,12,15). The largest absolute Gasteiger partial charge is 0.376 e. The zero-order chi connectivity index (χ0) is 12.8. The molecule has 1 aromatic rings. The van der Waals surface area contributed by atoms with Gasteiger partial charge in [-0.25, -0.2) is 0 Å². The molecule has 0 aliphatic carbocycles. The Bertz CT molecular complexity index is 432. The first kappa shape index (κ1) is 13.0. The summed E-state index contributed by atoms with van der Waals surface area (Å²) in [4.78, 5) is 21.4. The Hall–Kier alpha value is -2.11. The van der Waals surface area contributed by atoms with Gasteiger partial charge in [0.05, 0.1) is 11.5 Å². The monoisotopic (exact) mass is 237 g/mol. The maximum absolute atomic E-state index is 11.2. The fourth-order valence-corrected chi connectivity index (χ4v) is 1.41. The zero-order valence-corrected chi connectivity index (χ0v) is 9.82. The van der Waals surface area contributed by atoms with Gasteiger partial charge in [-0.1, -0.05) is 0 Å². The van der Waals surface area contributed by atoms with Crippen molar-refractivity contribution in [3.63, 3.8) is 0 Å². The van der Waals surface area contributed by atoms with E-state index in [0.29, 0.717) is 17.8 Å². The number of likely N-dealkylation sites (N-methyl/N-ethyl adjacent to an activating group) is 1. The molecule has 0 spiro atoms. The molecule has 1 rings (SSSR count). The minimum absolute atomic E-state index is 0.0774. The van der Waals surface area contributed by atoms with Crippen LogP contribution >= 0.6 is 0 Å². The van der Waals surface area contributed by atoms with Gasteiger partial charge in [-0.15, -0.1) is 0 Å². The Labute approximate surface area is 99.2 Å². The second-order valence-corrected chi connectivity index (χ2v) is 3.57. The van der Waals surface area contributed by atoms with E-state index in [1.165, 1.54) is 6.07 Å². The van der Waals surface area contributed by atoms with Crippen molar-refractivity contribution in [2.45, 2.75) is 13.8 Å². The number of carbonyl (C=O) groups excluding carboxylic acids is 1. The highest BCUT2D eigenvalue weighted by atomic mass is 16.6. The quantitative estimate of drug-likeness (QED) is 0.599. The van der Waals surface area contributed by atoms with Crippen molar-refractivity contribution in [2.75, 3.05) is 18.4 Å². The third kappa shape index (κ3) is 3.75. The summed E-state index contributed by atoms with van der Waals surface area (Å²) in [6, 6.07) is 4.66. The molecule has 1 amide bonds. The molecule has 0 fully saturated rings. The molecule has 6 nitrogen and oxygen atoms in total. The molecule has 0 aliphatic rings. The summed E-state index contributed by atoms with van der Waals surface area (Å²) in [5, 5.41) is 16.2. The molecule has 0 aromatic heterocycles. The molecule has 0 saturated carbocycles. The first-order valence-corrected chi connectivity index (χ1v) is 5.30. The van der Waals surface area contributed by atoms with Crippen LogP contribution in [0.1, 0.15) is 12.5 Å². The van der Waals surface area contributed by atoms with Gasteiger partial charge in [0.25, 0.3) is 5.69 Å². The molecule has 17 heavy (non-hydrogen) atoms. The molecule has 0 aliphatic heterocycles. The van der Waals surface area contributed by atoms with Gasteiger partial charge in [-0.3, -0.25) is 14.9 Å². The molecule has 0 heterocycles. The minimum atomic E-state index is -0.428. The number of hydrogen-bond donors (Lipinski definition) is 2. The smallest absolute Gasteiger partial charge is 0.272 e. The number of nitrogens with zero attached hydrogens (tertiary/aromatic N) is 1. The molecular weight excluding hydrogens is 222 g/mol. The van der Waals surface area contributed by atoms with E-state index in [4.69, 9.17) is 0 Å². The fourth-order valence-electron chi connectivity index (χ4n) is 1.41. The lowest BCUT2D eigenvalue weighted by atomic mass is 10.2. The fraction of sp³-hybridized carbons (Fsp3) is 0.364. The molecular formula is C11H15N3O3. The van der Waals surface area contributed by atoms with Crippen LogP contribution in [0.25, 0.3) is 0 Å².